The van der Waals surface area contributed by atoms with Crippen LogP contribution in [0.25, 0.3) is 0 Å². The molecule has 0 radical (unpaired) electrons. The Bertz CT molecular complexity index is 839. The van der Waals surface area contributed by atoms with Gasteiger partial charge in [-0.1, -0.05) is 12.1 Å². The molecule has 2 aromatic carbocycles. The van der Waals surface area contributed by atoms with Crippen molar-refractivity contribution in [2.45, 2.75) is 18.9 Å². The fraction of sp³-hybridized carbons (Fsp3) is 0.250. The summed E-state index contributed by atoms with van der Waals surface area (Å²) < 4.78 is 18.2. The van der Waals surface area contributed by atoms with E-state index in [1.807, 2.05) is 0 Å². The molecule has 7 nitrogen and oxygen atoms in total. The van der Waals surface area contributed by atoms with Crippen LogP contribution in [0.15, 0.2) is 48.5 Å². The van der Waals surface area contributed by atoms with Gasteiger partial charge in [-0.05, 0) is 48.4 Å². The molecule has 0 aliphatic heterocycles. The number of aryl methyl sites for hydroxylation is 1. The van der Waals surface area contributed by atoms with E-state index < -0.39 is 17.9 Å². The maximum atomic E-state index is 12.9. The van der Waals surface area contributed by atoms with E-state index in [2.05, 4.69) is 10.6 Å². The van der Waals surface area contributed by atoms with E-state index in [1.165, 1.54) is 19.2 Å². The molecule has 2 amide bonds. The van der Waals surface area contributed by atoms with Crippen LogP contribution in [0.4, 0.5) is 4.39 Å². The lowest BCUT2D eigenvalue weighted by Crippen LogP contribution is -2.40. The van der Waals surface area contributed by atoms with Crippen LogP contribution in [0, 0.1) is 5.82 Å². The Balaban J connectivity index is 1.85. The number of nitrogens with one attached hydrogen (secondary N) is 2. The fourth-order valence-corrected chi connectivity index (χ4v) is 2.42. The Kier molecular flexibility index (Phi) is 7.50. The Labute approximate surface area is 161 Å². The van der Waals surface area contributed by atoms with Gasteiger partial charge in [-0.25, -0.2) is 9.18 Å². The SMILES string of the molecule is CNC(=O)c1cccc(CCC(=O)NCC(Oc2ccc(F)cc2)C(=O)O)c1. The third-order valence-corrected chi connectivity index (χ3v) is 3.91. The summed E-state index contributed by atoms with van der Waals surface area (Å²) in [6.45, 7) is -0.232. The van der Waals surface area contributed by atoms with Crippen molar-refractivity contribution in [2.24, 2.45) is 0 Å². The van der Waals surface area contributed by atoms with Crippen molar-refractivity contribution in [1.29, 1.82) is 0 Å². The summed E-state index contributed by atoms with van der Waals surface area (Å²) in [6.07, 6.45) is -0.779. The van der Waals surface area contributed by atoms with E-state index in [1.54, 1.807) is 24.3 Å². The number of ether oxygens (including phenoxy) is 1. The molecular formula is C20H21FN2O5. The van der Waals surface area contributed by atoms with Gasteiger partial charge in [0.1, 0.15) is 11.6 Å². The van der Waals surface area contributed by atoms with E-state index >= 15 is 0 Å². The number of hydrogen-bond donors (Lipinski definition) is 3. The zero-order valence-electron chi connectivity index (χ0n) is 15.3. The number of halogens is 1. The lowest BCUT2D eigenvalue weighted by atomic mass is 10.1. The summed E-state index contributed by atoms with van der Waals surface area (Å²) in [6, 6.07) is 11.8. The second-order valence-corrected chi connectivity index (χ2v) is 5.98. The van der Waals surface area contributed by atoms with Gasteiger partial charge in [-0.15, -0.1) is 0 Å². The Hall–Kier alpha value is -3.42. The number of rotatable bonds is 9. The number of aliphatic carboxylic acids is 1. The summed E-state index contributed by atoms with van der Waals surface area (Å²) >= 11 is 0. The molecule has 3 N–H and O–H groups in total. The van der Waals surface area contributed by atoms with Gasteiger partial charge in [-0.2, -0.15) is 0 Å². The van der Waals surface area contributed by atoms with Crippen molar-refractivity contribution in [3.63, 3.8) is 0 Å². The Morgan fingerprint density at radius 3 is 2.50 bits per heavy atom. The highest BCUT2D eigenvalue weighted by molar-refractivity contribution is 5.94. The number of carbonyl (C=O) groups excluding carboxylic acids is 2. The van der Waals surface area contributed by atoms with Crippen molar-refractivity contribution in [3.8, 4) is 5.75 Å². The molecule has 0 aliphatic rings. The maximum absolute atomic E-state index is 12.9. The van der Waals surface area contributed by atoms with Crippen LogP contribution in [0.5, 0.6) is 5.75 Å². The predicted molar refractivity (Wildman–Crippen MR) is 99.6 cm³/mol. The zero-order chi connectivity index (χ0) is 20.5. The largest absolute Gasteiger partial charge is 0.478 e. The van der Waals surface area contributed by atoms with Crippen LogP contribution < -0.4 is 15.4 Å². The molecule has 148 valence electrons. The molecule has 0 aromatic heterocycles. The topological polar surface area (TPSA) is 105 Å². The van der Waals surface area contributed by atoms with Crippen LogP contribution in [0.2, 0.25) is 0 Å². The van der Waals surface area contributed by atoms with Gasteiger partial charge in [0.25, 0.3) is 5.91 Å². The number of amides is 2. The summed E-state index contributed by atoms with van der Waals surface area (Å²) in [5.74, 6) is -2.09. The second kappa shape index (κ2) is 10.1. The molecule has 28 heavy (non-hydrogen) atoms. The molecule has 0 saturated heterocycles. The molecule has 1 unspecified atom stereocenters. The first-order valence-corrected chi connectivity index (χ1v) is 8.62. The lowest BCUT2D eigenvalue weighted by molar-refractivity contribution is -0.145. The number of benzene rings is 2. The molecule has 0 spiro atoms. The van der Waals surface area contributed by atoms with Crippen molar-refractivity contribution in [3.05, 3.63) is 65.5 Å². The molecule has 1 atom stereocenters. The number of carboxylic acid groups (broad SMARTS) is 1. The molecule has 0 bridgehead atoms. The highest BCUT2D eigenvalue weighted by Gasteiger charge is 2.20. The maximum Gasteiger partial charge on any atom is 0.346 e. The van der Waals surface area contributed by atoms with Gasteiger partial charge in [0.05, 0.1) is 6.54 Å². The number of hydrogen-bond acceptors (Lipinski definition) is 4. The minimum Gasteiger partial charge on any atom is -0.478 e. The third-order valence-electron chi connectivity index (χ3n) is 3.91. The monoisotopic (exact) mass is 388 g/mol. The summed E-state index contributed by atoms with van der Waals surface area (Å²) in [4.78, 5) is 35.0. The predicted octanol–water partition coefficient (Wildman–Crippen LogP) is 1.77. The molecule has 0 aliphatic carbocycles. The Morgan fingerprint density at radius 2 is 1.86 bits per heavy atom. The van der Waals surface area contributed by atoms with E-state index in [0.29, 0.717) is 12.0 Å². The standard InChI is InChI=1S/C20H21FN2O5/c1-22-19(25)14-4-2-3-13(11-14)5-10-18(24)23-12-17(20(26)27)28-16-8-6-15(21)7-9-16/h2-4,6-9,11,17H,5,10,12H2,1H3,(H,22,25)(H,23,24)(H,26,27). The van der Waals surface area contributed by atoms with Gasteiger partial charge in [-0.3, -0.25) is 9.59 Å². The van der Waals surface area contributed by atoms with E-state index in [4.69, 9.17) is 4.74 Å². The highest BCUT2D eigenvalue weighted by atomic mass is 19.1. The quantitative estimate of drug-likeness (QED) is 0.607. The highest BCUT2D eigenvalue weighted by Crippen LogP contribution is 2.13. The van der Waals surface area contributed by atoms with Crippen molar-refractivity contribution in [1.82, 2.24) is 10.6 Å². The van der Waals surface area contributed by atoms with Crippen LogP contribution in [0.1, 0.15) is 22.3 Å². The first kappa shape index (κ1) is 20.9. The smallest absolute Gasteiger partial charge is 0.346 e. The fourth-order valence-electron chi connectivity index (χ4n) is 2.42. The van der Waals surface area contributed by atoms with Gasteiger partial charge in [0, 0.05) is 19.0 Å². The molecule has 8 heteroatoms. The number of carboxylic acids is 1. The molecule has 0 fully saturated rings. The zero-order valence-corrected chi connectivity index (χ0v) is 15.3. The third kappa shape index (κ3) is 6.39. The van der Waals surface area contributed by atoms with Crippen LogP contribution in [0.3, 0.4) is 0 Å². The normalized spacial score (nSPS) is 11.4. The Morgan fingerprint density at radius 1 is 1.14 bits per heavy atom. The average molecular weight is 388 g/mol. The summed E-state index contributed by atoms with van der Waals surface area (Å²) in [5, 5.41) is 14.3. The lowest BCUT2D eigenvalue weighted by Gasteiger charge is -2.16. The van der Waals surface area contributed by atoms with Crippen molar-refractivity contribution in [2.75, 3.05) is 13.6 Å². The summed E-state index contributed by atoms with van der Waals surface area (Å²) in [7, 11) is 1.54. The molecular weight excluding hydrogens is 367 g/mol. The average Bonchev–Trinajstić information content (AvgIpc) is 2.70. The second-order valence-electron chi connectivity index (χ2n) is 5.98. The van der Waals surface area contributed by atoms with Crippen LogP contribution >= 0.6 is 0 Å². The molecule has 0 saturated carbocycles. The summed E-state index contributed by atoms with van der Waals surface area (Å²) in [5.41, 5.74) is 1.31. The van der Waals surface area contributed by atoms with Gasteiger partial charge >= 0.3 is 5.97 Å². The van der Waals surface area contributed by atoms with E-state index in [0.717, 1.165) is 17.7 Å². The van der Waals surface area contributed by atoms with Gasteiger partial charge < -0.3 is 20.5 Å². The van der Waals surface area contributed by atoms with Crippen molar-refractivity contribution < 1.29 is 28.6 Å². The van der Waals surface area contributed by atoms with Gasteiger partial charge in [0.15, 0.2) is 0 Å². The minimum atomic E-state index is -1.30. The molecule has 2 rings (SSSR count). The van der Waals surface area contributed by atoms with E-state index in [9.17, 15) is 23.9 Å². The number of carbonyl (C=O) groups is 3. The van der Waals surface area contributed by atoms with Crippen LogP contribution in [-0.2, 0) is 16.0 Å². The molecule has 2 aromatic rings. The van der Waals surface area contributed by atoms with Gasteiger partial charge in [0.2, 0.25) is 12.0 Å². The minimum absolute atomic E-state index is 0.125. The first-order chi connectivity index (χ1) is 13.4. The van der Waals surface area contributed by atoms with Crippen LogP contribution in [-0.4, -0.2) is 42.6 Å². The van der Waals surface area contributed by atoms with E-state index in [-0.39, 0.29) is 30.5 Å². The van der Waals surface area contributed by atoms with Crippen molar-refractivity contribution >= 4 is 17.8 Å². The molecule has 0 heterocycles. The first-order valence-electron chi connectivity index (χ1n) is 8.62.